The van der Waals surface area contributed by atoms with Gasteiger partial charge in [-0.05, 0) is 43.0 Å². The third-order valence-electron chi connectivity index (χ3n) is 6.01. The van der Waals surface area contributed by atoms with E-state index in [9.17, 15) is 9.59 Å². The van der Waals surface area contributed by atoms with Crippen molar-refractivity contribution in [3.8, 4) is 5.75 Å². The zero-order valence-corrected chi connectivity index (χ0v) is 20.7. The van der Waals surface area contributed by atoms with E-state index in [1.54, 1.807) is 17.0 Å². The number of ether oxygens (including phenoxy) is 1. The number of rotatable bonds is 6. The third-order valence-corrected chi connectivity index (χ3v) is 6.01. The second-order valence-corrected chi connectivity index (χ2v) is 10.0. The number of benzene rings is 3. The number of fused-ring (bicyclic) bond motifs is 1. The van der Waals surface area contributed by atoms with Gasteiger partial charge < -0.3 is 20.3 Å². The van der Waals surface area contributed by atoms with Crippen LogP contribution in [0.25, 0.3) is 0 Å². The van der Waals surface area contributed by atoms with E-state index in [0.717, 1.165) is 16.8 Å². The van der Waals surface area contributed by atoms with E-state index < -0.39 is 5.41 Å². The van der Waals surface area contributed by atoms with Gasteiger partial charge in [0.2, 0.25) is 5.91 Å². The Bertz CT molecular complexity index is 1140. The van der Waals surface area contributed by atoms with E-state index in [0.29, 0.717) is 23.9 Å². The first-order valence-electron chi connectivity index (χ1n) is 12.0. The van der Waals surface area contributed by atoms with Crippen LogP contribution < -0.4 is 20.3 Å². The summed E-state index contributed by atoms with van der Waals surface area (Å²) >= 11 is 0. The molecule has 3 amide bonds. The lowest BCUT2D eigenvalue weighted by Crippen LogP contribution is -2.43. The van der Waals surface area contributed by atoms with Crippen molar-refractivity contribution in [1.29, 1.82) is 0 Å². The van der Waals surface area contributed by atoms with Gasteiger partial charge in [-0.3, -0.25) is 4.79 Å². The Hall–Kier alpha value is -3.80. The van der Waals surface area contributed by atoms with Crippen LogP contribution in [0.1, 0.15) is 44.9 Å². The molecule has 6 nitrogen and oxygen atoms in total. The number of amides is 3. The Labute approximate surface area is 207 Å². The molecule has 1 heterocycles. The topological polar surface area (TPSA) is 70.7 Å². The third kappa shape index (κ3) is 5.65. The molecule has 1 aliphatic rings. The van der Waals surface area contributed by atoms with Gasteiger partial charge in [-0.2, -0.15) is 0 Å². The lowest BCUT2D eigenvalue weighted by Gasteiger charge is -2.29. The fourth-order valence-corrected chi connectivity index (χ4v) is 4.22. The van der Waals surface area contributed by atoms with Gasteiger partial charge in [-0.15, -0.1) is 0 Å². The Morgan fingerprint density at radius 1 is 0.971 bits per heavy atom. The van der Waals surface area contributed by atoms with Gasteiger partial charge in [-0.25, -0.2) is 4.79 Å². The van der Waals surface area contributed by atoms with Crippen molar-refractivity contribution in [2.75, 3.05) is 23.4 Å². The van der Waals surface area contributed by atoms with E-state index in [1.807, 2.05) is 80.6 Å². The van der Waals surface area contributed by atoms with E-state index in [2.05, 4.69) is 24.5 Å². The van der Waals surface area contributed by atoms with Crippen molar-refractivity contribution in [3.05, 3.63) is 90.0 Å². The van der Waals surface area contributed by atoms with Crippen molar-refractivity contribution in [2.24, 2.45) is 11.3 Å². The molecule has 3 aromatic carbocycles. The molecule has 0 saturated heterocycles. The standard InChI is InChI=1S/C29H33N3O3/c1-20(2)18-32-24-16-15-23(17-25(24)35-19-29(3,4)27(32)33)30-28(34)31-26(21-11-7-5-8-12-21)22-13-9-6-10-14-22/h5-17,20,26H,18-19H2,1-4H3,(H2,30,31,34). The van der Waals surface area contributed by atoms with Crippen molar-refractivity contribution in [3.63, 3.8) is 0 Å². The molecular formula is C29H33N3O3. The van der Waals surface area contributed by atoms with Crippen LogP contribution in [0.15, 0.2) is 78.9 Å². The van der Waals surface area contributed by atoms with E-state index >= 15 is 0 Å². The normalized spacial score (nSPS) is 14.8. The summed E-state index contributed by atoms with van der Waals surface area (Å²) in [6.07, 6.45) is 0. The van der Waals surface area contributed by atoms with Gasteiger partial charge in [0.1, 0.15) is 12.4 Å². The SMILES string of the molecule is CC(C)CN1C(=O)C(C)(C)COc2cc(NC(=O)NC(c3ccccc3)c3ccccc3)ccc21. The van der Waals surface area contributed by atoms with Crippen LogP contribution in [-0.2, 0) is 4.79 Å². The van der Waals surface area contributed by atoms with Crippen molar-refractivity contribution in [2.45, 2.75) is 33.7 Å². The number of nitrogens with one attached hydrogen (secondary N) is 2. The fourth-order valence-electron chi connectivity index (χ4n) is 4.22. The molecule has 0 aliphatic carbocycles. The highest BCUT2D eigenvalue weighted by molar-refractivity contribution is 6.00. The minimum atomic E-state index is -0.641. The molecule has 4 rings (SSSR count). The number of carbonyl (C=O) groups excluding carboxylic acids is 2. The summed E-state index contributed by atoms with van der Waals surface area (Å²) in [6.45, 7) is 8.83. The highest BCUT2D eigenvalue weighted by Gasteiger charge is 2.38. The first-order valence-corrected chi connectivity index (χ1v) is 12.0. The molecular weight excluding hydrogens is 438 g/mol. The minimum absolute atomic E-state index is 0.0389. The molecule has 0 unspecified atom stereocenters. The molecule has 1 aliphatic heterocycles. The summed E-state index contributed by atoms with van der Waals surface area (Å²) in [4.78, 5) is 28.0. The second-order valence-electron chi connectivity index (χ2n) is 10.0. The molecule has 0 saturated carbocycles. The zero-order valence-electron chi connectivity index (χ0n) is 20.7. The fraction of sp³-hybridized carbons (Fsp3) is 0.310. The number of anilines is 2. The summed E-state index contributed by atoms with van der Waals surface area (Å²) in [5.41, 5.74) is 2.66. The van der Waals surface area contributed by atoms with Gasteiger partial charge in [0.15, 0.2) is 0 Å². The lowest BCUT2D eigenvalue weighted by molar-refractivity contribution is -0.127. The molecule has 182 valence electrons. The monoisotopic (exact) mass is 471 g/mol. The number of carbonyl (C=O) groups is 2. The van der Waals surface area contributed by atoms with Gasteiger partial charge in [0, 0.05) is 18.3 Å². The quantitative estimate of drug-likeness (QED) is 0.463. The van der Waals surface area contributed by atoms with E-state index in [1.165, 1.54) is 0 Å². The number of hydrogen-bond donors (Lipinski definition) is 2. The van der Waals surface area contributed by atoms with Crippen LogP contribution in [0.4, 0.5) is 16.2 Å². The lowest BCUT2D eigenvalue weighted by atomic mass is 9.92. The van der Waals surface area contributed by atoms with Crippen LogP contribution in [0.3, 0.4) is 0 Å². The van der Waals surface area contributed by atoms with Gasteiger partial charge in [-0.1, -0.05) is 74.5 Å². The number of hydrogen-bond acceptors (Lipinski definition) is 3. The predicted molar refractivity (Wildman–Crippen MR) is 140 cm³/mol. The smallest absolute Gasteiger partial charge is 0.319 e. The number of nitrogens with zero attached hydrogens (tertiary/aromatic N) is 1. The van der Waals surface area contributed by atoms with E-state index in [-0.39, 0.29) is 24.6 Å². The van der Waals surface area contributed by atoms with Crippen molar-refractivity contribution in [1.82, 2.24) is 5.32 Å². The summed E-state index contributed by atoms with van der Waals surface area (Å²) in [6, 6.07) is 24.5. The highest BCUT2D eigenvalue weighted by atomic mass is 16.5. The second kappa shape index (κ2) is 10.2. The molecule has 0 atom stereocenters. The first-order chi connectivity index (χ1) is 16.7. The van der Waals surface area contributed by atoms with Crippen molar-refractivity contribution >= 4 is 23.3 Å². The highest BCUT2D eigenvalue weighted by Crippen LogP contribution is 2.38. The number of urea groups is 1. The van der Waals surface area contributed by atoms with Crippen LogP contribution in [0, 0.1) is 11.3 Å². The van der Waals surface area contributed by atoms with Crippen LogP contribution >= 0.6 is 0 Å². The summed E-state index contributed by atoms with van der Waals surface area (Å²) in [5.74, 6) is 0.930. The molecule has 35 heavy (non-hydrogen) atoms. The van der Waals surface area contributed by atoms with Gasteiger partial charge >= 0.3 is 6.03 Å². The van der Waals surface area contributed by atoms with Gasteiger partial charge in [0.05, 0.1) is 17.1 Å². The molecule has 0 fully saturated rings. The van der Waals surface area contributed by atoms with Crippen molar-refractivity contribution < 1.29 is 14.3 Å². The maximum absolute atomic E-state index is 13.2. The Morgan fingerprint density at radius 3 is 2.14 bits per heavy atom. The summed E-state index contributed by atoms with van der Waals surface area (Å²) < 4.78 is 6.05. The molecule has 6 heteroatoms. The molecule has 0 radical (unpaired) electrons. The van der Waals surface area contributed by atoms with E-state index in [4.69, 9.17) is 4.74 Å². The van der Waals surface area contributed by atoms with Gasteiger partial charge in [0.25, 0.3) is 0 Å². The average molecular weight is 472 g/mol. The maximum Gasteiger partial charge on any atom is 0.319 e. The largest absolute Gasteiger partial charge is 0.490 e. The maximum atomic E-state index is 13.2. The predicted octanol–water partition coefficient (Wildman–Crippen LogP) is 6.01. The molecule has 0 aromatic heterocycles. The zero-order chi connectivity index (χ0) is 25.0. The Morgan fingerprint density at radius 2 is 1.57 bits per heavy atom. The van der Waals surface area contributed by atoms with Crippen LogP contribution in [-0.4, -0.2) is 25.1 Å². The molecule has 0 spiro atoms. The first kappa shape index (κ1) is 24.3. The Balaban J connectivity index is 1.56. The summed E-state index contributed by atoms with van der Waals surface area (Å²) in [5, 5.41) is 6.03. The van der Waals surface area contributed by atoms with Crippen LogP contribution in [0.2, 0.25) is 0 Å². The van der Waals surface area contributed by atoms with Crippen LogP contribution in [0.5, 0.6) is 5.75 Å². The average Bonchev–Trinajstić information content (AvgIpc) is 2.93. The molecule has 0 bridgehead atoms. The Kier molecular flexibility index (Phi) is 7.10. The molecule has 2 N–H and O–H groups in total. The summed E-state index contributed by atoms with van der Waals surface area (Å²) in [7, 11) is 0. The minimum Gasteiger partial charge on any atom is -0.490 e. The molecule has 3 aromatic rings.